The highest BCUT2D eigenvalue weighted by molar-refractivity contribution is 5.93. The van der Waals surface area contributed by atoms with Crippen LogP contribution in [0.4, 0.5) is 11.4 Å². The van der Waals surface area contributed by atoms with Crippen LogP contribution in [-0.2, 0) is 0 Å². The summed E-state index contributed by atoms with van der Waals surface area (Å²) in [5, 5.41) is 18.5. The van der Waals surface area contributed by atoms with Crippen LogP contribution in [-0.4, -0.2) is 4.98 Å². The molecular formula is C18H11N6+3. The van der Waals surface area contributed by atoms with Gasteiger partial charge < -0.3 is 0 Å². The number of para-hydroxylation sites is 3. The van der Waals surface area contributed by atoms with E-state index in [4.69, 9.17) is 5.39 Å². The molecule has 0 N–H and O–H groups in total. The zero-order valence-electron chi connectivity index (χ0n) is 12.5. The first-order valence-electron chi connectivity index (χ1n) is 7.36. The van der Waals surface area contributed by atoms with Gasteiger partial charge in [0.2, 0.25) is 27.5 Å². The quantitative estimate of drug-likeness (QED) is 0.292. The van der Waals surface area contributed by atoms with Crippen LogP contribution < -0.4 is 4.57 Å². The largest absolute Gasteiger partial charge is 0.425 e. The summed E-state index contributed by atoms with van der Waals surface area (Å²) >= 11 is 0. The fourth-order valence-electron chi connectivity index (χ4n) is 2.86. The zero-order valence-corrected chi connectivity index (χ0v) is 12.5. The maximum Gasteiger partial charge on any atom is 0.425 e. The smallest absolute Gasteiger partial charge is 0.227 e. The van der Waals surface area contributed by atoms with Gasteiger partial charge in [0, 0.05) is 18.2 Å². The molecule has 0 amide bonds. The highest BCUT2D eigenvalue weighted by Crippen LogP contribution is 2.30. The van der Waals surface area contributed by atoms with Crippen molar-refractivity contribution in [3.63, 3.8) is 0 Å². The summed E-state index contributed by atoms with van der Waals surface area (Å²) in [4.78, 5) is 11.1. The van der Waals surface area contributed by atoms with Gasteiger partial charge in [0.1, 0.15) is 17.6 Å². The van der Waals surface area contributed by atoms with Gasteiger partial charge >= 0.3 is 11.4 Å². The van der Waals surface area contributed by atoms with Crippen LogP contribution in [0.2, 0.25) is 0 Å². The van der Waals surface area contributed by atoms with Crippen molar-refractivity contribution in [3.8, 4) is 5.69 Å². The second-order valence-corrected chi connectivity index (χ2v) is 5.30. The molecule has 1 aromatic heterocycles. The van der Waals surface area contributed by atoms with Crippen LogP contribution in [0.3, 0.4) is 0 Å². The minimum atomic E-state index is 0.246. The van der Waals surface area contributed by atoms with E-state index in [0.717, 1.165) is 16.7 Å². The minimum Gasteiger partial charge on any atom is -0.227 e. The van der Waals surface area contributed by atoms with E-state index in [1.165, 1.54) is 6.07 Å². The Bertz CT molecular complexity index is 1170. The topological polar surface area (TPSA) is 73.1 Å². The van der Waals surface area contributed by atoms with Crippen molar-refractivity contribution in [1.82, 2.24) is 4.98 Å². The lowest BCUT2D eigenvalue weighted by Gasteiger charge is -2.03. The van der Waals surface area contributed by atoms with Crippen molar-refractivity contribution >= 4 is 33.4 Å². The zero-order chi connectivity index (χ0) is 16.5. The van der Waals surface area contributed by atoms with Gasteiger partial charge in [0.05, 0.1) is 0 Å². The van der Waals surface area contributed by atoms with Crippen molar-refractivity contribution < 1.29 is 4.57 Å². The van der Waals surface area contributed by atoms with Crippen molar-refractivity contribution in [3.05, 3.63) is 76.7 Å². The predicted octanol–water partition coefficient (Wildman–Crippen LogP) is 4.63. The number of fused-ring (bicyclic) bond motifs is 2. The lowest BCUT2D eigenvalue weighted by molar-refractivity contribution is -0.538. The average molecular weight is 311 g/mol. The van der Waals surface area contributed by atoms with Gasteiger partial charge in [-0.15, -0.1) is 4.57 Å². The normalized spacial score (nSPS) is 10.4. The van der Waals surface area contributed by atoms with E-state index in [-0.39, 0.29) is 11.4 Å². The Balaban J connectivity index is 2.28. The molecule has 4 rings (SSSR count). The molecule has 0 saturated heterocycles. The third-order valence-electron chi connectivity index (χ3n) is 3.89. The summed E-state index contributed by atoms with van der Waals surface area (Å²) in [6.45, 7) is 0. The molecule has 0 aliphatic carbocycles. The molecule has 6 nitrogen and oxygen atoms in total. The highest BCUT2D eigenvalue weighted by atomic mass is 15.0. The number of rotatable bonds is 1. The molecule has 0 aliphatic heterocycles. The van der Waals surface area contributed by atoms with Gasteiger partial charge in [0.25, 0.3) is 5.52 Å². The lowest BCUT2D eigenvalue weighted by atomic mass is 10.1. The SMILES string of the molecule is N#[N+]c1cc([N+]#N)c2nc3ccccc3[n+](-c3ccccc3)c2c1. The average Bonchev–Trinajstić information content (AvgIpc) is 2.65. The fourth-order valence-corrected chi connectivity index (χ4v) is 2.86. The Labute approximate surface area is 136 Å². The third kappa shape index (κ3) is 2.03. The van der Waals surface area contributed by atoms with Gasteiger partial charge in [-0.25, -0.2) is 4.98 Å². The summed E-state index contributed by atoms with van der Waals surface area (Å²) in [7, 11) is 0. The molecule has 0 atom stereocenters. The standard InChI is InChI=1S/C18H11N6/c19-22-12-10-15(23-20)18-17(11-12)24(13-6-2-1-3-7-13)16-9-5-4-8-14(16)21-18/h1-11H/q+3. The molecule has 0 aliphatic rings. The summed E-state index contributed by atoms with van der Waals surface area (Å²) in [5.74, 6) is 0. The molecule has 24 heavy (non-hydrogen) atoms. The van der Waals surface area contributed by atoms with E-state index in [1.807, 2.05) is 59.2 Å². The molecule has 6 heteroatoms. The van der Waals surface area contributed by atoms with Gasteiger partial charge in [-0.1, -0.05) is 30.3 Å². The molecule has 0 saturated carbocycles. The van der Waals surface area contributed by atoms with Crippen LogP contribution in [0.25, 0.3) is 37.7 Å². The molecule has 1 heterocycles. The monoisotopic (exact) mass is 311 g/mol. The van der Waals surface area contributed by atoms with Crippen LogP contribution in [0, 0.1) is 10.8 Å². The molecule has 0 bridgehead atoms. The number of hydrogen-bond acceptors (Lipinski definition) is 3. The van der Waals surface area contributed by atoms with E-state index in [2.05, 4.69) is 14.9 Å². The first-order chi connectivity index (χ1) is 11.8. The van der Waals surface area contributed by atoms with Crippen LogP contribution in [0.1, 0.15) is 0 Å². The fraction of sp³-hybridized carbons (Fsp3) is 0. The molecule has 0 fully saturated rings. The first kappa shape index (κ1) is 13.7. The molecule has 110 valence electrons. The van der Waals surface area contributed by atoms with Crippen molar-refractivity contribution in [2.75, 3.05) is 0 Å². The van der Waals surface area contributed by atoms with Gasteiger partial charge in [0.15, 0.2) is 9.95 Å². The van der Waals surface area contributed by atoms with E-state index in [1.54, 1.807) is 6.07 Å². The Morgan fingerprint density at radius 3 is 2.29 bits per heavy atom. The van der Waals surface area contributed by atoms with E-state index < -0.39 is 0 Å². The molecule has 0 unspecified atom stereocenters. The van der Waals surface area contributed by atoms with Crippen LogP contribution in [0.15, 0.2) is 66.7 Å². The number of benzene rings is 3. The second kappa shape index (κ2) is 5.38. The maximum atomic E-state index is 9.34. The van der Waals surface area contributed by atoms with E-state index in [0.29, 0.717) is 11.0 Å². The van der Waals surface area contributed by atoms with Crippen molar-refractivity contribution in [1.29, 1.82) is 10.8 Å². The van der Waals surface area contributed by atoms with Crippen molar-refractivity contribution in [2.24, 2.45) is 0 Å². The Hall–Kier alpha value is -3.90. The van der Waals surface area contributed by atoms with E-state index >= 15 is 0 Å². The van der Waals surface area contributed by atoms with Crippen LogP contribution in [0.5, 0.6) is 0 Å². The summed E-state index contributed by atoms with van der Waals surface area (Å²) in [6, 6.07) is 20.7. The Kier molecular flexibility index (Phi) is 3.08. The highest BCUT2D eigenvalue weighted by Gasteiger charge is 2.30. The number of diazo groups is 2. The first-order valence-corrected chi connectivity index (χ1v) is 7.36. The predicted molar refractivity (Wildman–Crippen MR) is 90.3 cm³/mol. The summed E-state index contributed by atoms with van der Waals surface area (Å²) in [5.41, 5.74) is 4.34. The number of hydrogen-bond donors (Lipinski definition) is 0. The second-order valence-electron chi connectivity index (χ2n) is 5.30. The van der Waals surface area contributed by atoms with Gasteiger partial charge in [-0.3, -0.25) is 0 Å². The molecule has 0 radical (unpaired) electrons. The van der Waals surface area contributed by atoms with Gasteiger partial charge in [-0.2, -0.15) is 0 Å². The molecule has 0 spiro atoms. The molecule has 4 aromatic rings. The van der Waals surface area contributed by atoms with E-state index in [9.17, 15) is 5.39 Å². The van der Waals surface area contributed by atoms with Crippen molar-refractivity contribution in [2.45, 2.75) is 0 Å². The van der Waals surface area contributed by atoms with Crippen LogP contribution >= 0.6 is 0 Å². The molecular weight excluding hydrogens is 300 g/mol. The number of aromatic nitrogens is 2. The number of nitrogens with zero attached hydrogens (tertiary/aromatic N) is 6. The third-order valence-corrected chi connectivity index (χ3v) is 3.89. The maximum absolute atomic E-state index is 9.34. The Morgan fingerprint density at radius 2 is 1.54 bits per heavy atom. The summed E-state index contributed by atoms with van der Waals surface area (Å²) in [6.07, 6.45) is 0. The summed E-state index contributed by atoms with van der Waals surface area (Å²) < 4.78 is 2.00. The Morgan fingerprint density at radius 1 is 0.792 bits per heavy atom. The minimum absolute atomic E-state index is 0.246. The molecule has 3 aromatic carbocycles. The lowest BCUT2D eigenvalue weighted by Crippen LogP contribution is -2.33. The van der Waals surface area contributed by atoms with Gasteiger partial charge in [-0.05, 0) is 6.07 Å².